The van der Waals surface area contributed by atoms with Crippen LogP contribution in [0.15, 0.2) is 12.2 Å². The van der Waals surface area contributed by atoms with Gasteiger partial charge in [0.2, 0.25) is 5.78 Å². The summed E-state index contributed by atoms with van der Waals surface area (Å²) in [7, 11) is 0. The quantitative estimate of drug-likeness (QED) is 0.108. The van der Waals surface area contributed by atoms with Crippen LogP contribution in [0.1, 0.15) is 33.1 Å². The molecule has 0 heterocycles. The third-order valence-electron chi connectivity index (χ3n) is 3.70. The lowest BCUT2D eigenvalue weighted by Crippen LogP contribution is -2.33. The Labute approximate surface area is 177 Å². The van der Waals surface area contributed by atoms with E-state index < -0.39 is 29.9 Å². The molecule has 3 N–H and O–H groups in total. The zero-order chi connectivity index (χ0) is 22.8. The van der Waals surface area contributed by atoms with Gasteiger partial charge in [0.15, 0.2) is 0 Å². The van der Waals surface area contributed by atoms with Crippen LogP contribution in [0.3, 0.4) is 0 Å². The fraction of sp³-hybridized carbons (Fsp3) is 0.750. The Morgan fingerprint density at radius 3 is 2.10 bits per heavy atom. The number of nitrogens with one attached hydrogen (secondary N) is 1. The molecule has 0 rings (SSSR count). The highest BCUT2D eigenvalue weighted by Gasteiger charge is 2.12. The van der Waals surface area contributed by atoms with Gasteiger partial charge < -0.3 is 34.5 Å². The third-order valence-corrected chi connectivity index (χ3v) is 3.70. The van der Waals surface area contributed by atoms with E-state index in [9.17, 15) is 24.6 Å². The van der Waals surface area contributed by atoms with Crippen molar-refractivity contribution in [2.24, 2.45) is 0 Å². The van der Waals surface area contributed by atoms with Crippen molar-refractivity contribution in [3.8, 4) is 0 Å². The highest BCUT2D eigenvalue weighted by molar-refractivity contribution is 6.32. The van der Waals surface area contributed by atoms with Gasteiger partial charge in [-0.25, -0.2) is 9.59 Å². The van der Waals surface area contributed by atoms with Crippen molar-refractivity contribution in [2.75, 3.05) is 52.7 Å². The van der Waals surface area contributed by atoms with E-state index in [2.05, 4.69) is 16.6 Å². The SMILES string of the molecule is C=C(C)C(=O)OCC(O)CNCCOCCOCCCCC(O)COC(=O)C(C)=O. The van der Waals surface area contributed by atoms with E-state index in [1.165, 1.54) is 0 Å². The molecule has 10 heteroatoms. The Hall–Kier alpha value is -1.85. The topological polar surface area (TPSA) is 141 Å². The molecule has 0 bridgehead atoms. The zero-order valence-electron chi connectivity index (χ0n) is 17.9. The molecule has 10 nitrogen and oxygen atoms in total. The first-order chi connectivity index (χ1) is 14.2. The van der Waals surface area contributed by atoms with Crippen molar-refractivity contribution in [1.29, 1.82) is 0 Å². The van der Waals surface area contributed by atoms with Crippen LogP contribution in [0.2, 0.25) is 0 Å². The summed E-state index contributed by atoms with van der Waals surface area (Å²) in [6, 6.07) is 0. The van der Waals surface area contributed by atoms with E-state index in [-0.39, 0.29) is 25.3 Å². The Balaban J connectivity index is 3.36. The van der Waals surface area contributed by atoms with Gasteiger partial charge in [-0.15, -0.1) is 0 Å². The van der Waals surface area contributed by atoms with Gasteiger partial charge in [-0.05, 0) is 26.2 Å². The fourth-order valence-electron chi connectivity index (χ4n) is 2.03. The minimum absolute atomic E-state index is 0.0893. The molecular weight excluding hydrogens is 398 g/mol. The predicted molar refractivity (Wildman–Crippen MR) is 108 cm³/mol. The number of ketones is 1. The van der Waals surface area contributed by atoms with Crippen LogP contribution in [0.4, 0.5) is 0 Å². The van der Waals surface area contributed by atoms with Crippen molar-refractivity contribution < 1.29 is 43.5 Å². The Morgan fingerprint density at radius 1 is 0.867 bits per heavy atom. The summed E-state index contributed by atoms with van der Waals surface area (Å²) in [6.45, 7) is 8.51. The fourth-order valence-corrected chi connectivity index (χ4v) is 2.03. The highest BCUT2D eigenvalue weighted by atomic mass is 16.5. The smallest absolute Gasteiger partial charge is 0.374 e. The molecule has 0 aromatic rings. The van der Waals surface area contributed by atoms with Crippen LogP contribution in [-0.4, -0.2) is 92.9 Å². The number of unbranched alkanes of at least 4 members (excludes halogenated alkanes) is 1. The maximum atomic E-state index is 11.2. The second-order valence-electron chi connectivity index (χ2n) is 6.77. The molecule has 0 saturated carbocycles. The lowest BCUT2D eigenvalue weighted by Gasteiger charge is -2.12. The molecule has 30 heavy (non-hydrogen) atoms. The summed E-state index contributed by atoms with van der Waals surface area (Å²) < 4.78 is 20.3. The molecule has 0 spiro atoms. The Kier molecular flexibility index (Phi) is 16.9. The van der Waals surface area contributed by atoms with Crippen molar-refractivity contribution in [3.05, 3.63) is 12.2 Å². The van der Waals surface area contributed by atoms with Crippen LogP contribution in [0, 0.1) is 0 Å². The van der Waals surface area contributed by atoms with Gasteiger partial charge in [0.1, 0.15) is 19.3 Å². The average Bonchev–Trinajstić information content (AvgIpc) is 2.70. The molecule has 0 aliphatic carbocycles. The first kappa shape index (κ1) is 28.1. The van der Waals surface area contributed by atoms with E-state index >= 15 is 0 Å². The first-order valence-corrected chi connectivity index (χ1v) is 9.96. The average molecular weight is 433 g/mol. The van der Waals surface area contributed by atoms with Crippen LogP contribution in [-0.2, 0) is 33.3 Å². The Bertz CT molecular complexity index is 478. The summed E-state index contributed by atoms with van der Waals surface area (Å²) >= 11 is 0. The minimum atomic E-state index is -0.937. The lowest BCUT2D eigenvalue weighted by atomic mass is 10.2. The number of rotatable bonds is 19. The maximum absolute atomic E-state index is 11.2. The Morgan fingerprint density at radius 2 is 1.47 bits per heavy atom. The normalized spacial score (nSPS) is 12.8. The number of carbonyl (C=O) groups is 3. The van der Waals surface area contributed by atoms with Crippen molar-refractivity contribution >= 4 is 17.7 Å². The van der Waals surface area contributed by atoms with E-state index in [0.29, 0.717) is 45.8 Å². The number of ether oxygens (including phenoxy) is 4. The van der Waals surface area contributed by atoms with Crippen molar-refractivity contribution in [2.45, 2.75) is 45.3 Å². The second kappa shape index (κ2) is 18.0. The molecule has 0 amide bonds. The number of carbonyl (C=O) groups excluding carboxylic acids is 3. The number of esters is 2. The lowest BCUT2D eigenvalue weighted by molar-refractivity contribution is -0.155. The van der Waals surface area contributed by atoms with E-state index in [1.54, 1.807) is 6.92 Å². The monoisotopic (exact) mass is 433 g/mol. The third kappa shape index (κ3) is 17.0. The number of aliphatic hydroxyl groups is 2. The van der Waals surface area contributed by atoms with Gasteiger partial charge in [0.25, 0.3) is 0 Å². The van der Waals surface area contributed by atoms with Gasteiger partial charge in [-0.3, -0.25) is 4.79 Å². The molecule has 0 aliphatic heterocycles. The van der Waals surface area contributed by atoms with Gasteiger partial charge in [-0.1, -0.05) is 6.58 Å². The first-order valence-electron chi connectivity index (χ1n) is 9.96. The van der Waals surface area contributed by atoms with Gasteiger partial charge in [0, 0.05) is 32.2 Å². The highest BCUT2D eigenvalue weighted by Crippen LogP contribution is 2.02. The summed E-state index contributed by atoms with van der Waals surface area (Å²) in [5.41, 5.74) is 0.289. The van der Waals surface area contributed by atoms with E-state index in [0.717, 1.165) is 13.3 Å². The van der Waals surface area contributed by atoms with Crippen LogP contribution >= 0.6 is 0 Å². The largest absolute Gasteiger partial charge is 0.460 e. The van der Waals surface area contributed by atoms with E-state index in [1.807, 2.05) is 0 Å². The van der Waals surface area contributed by atoms with Gasteiger partial charge in [-0.2, -0.15) is 0 Å². The molecule has 0 aliphatic rings. The number of hydrogen-bond donors (Lipinski definition) is 3. The standard InChI is InChI=1S/C20H35NO9/c1-15(2)19(25)29-14-18(24)12-21-7-9-28-11-10-27-8-5-4-6-17(23)13-30-20(26)16(3)22/h17-18,21,23-24H,1,4-14H2,2-3H3. The van der Waals surface area contributed by atoms with Crippen LogP contribution in [0.25, 0.3) is 0 Å². The second-order valence-corrected chi connectivity index (χ2v) is 6.77. The number of Topliss-reactive ketones (excluding diaryl/α,β-unsaturated/α-hetero) is 1. The molecule has 2 unspecified atom stereocenters. The number of aliphatic hydroxyl groups excluding tert-OH is 2. The van der Waals surface area contributed by atoms with Crippen LogP contribution < -0.4 is 5.32 Å². The maximum Gasteiger partial charge on any atom is 0.374 e. The van der Waals surface area contributed by atoms with Gasteiger partial charge in [0.05, 0.1) is 25.9 Å². The van der Waals surface area contributed by atoms with Crippen LogP contribution in [0.5, 0.6) is 0 Å². The van der Waals surface area contributed by atoms with Crippen molar-refractivity contribution in [1.82, 2.24) is 5.32 Å². The predicted octanol–water partition coefficient (Wildman–Crippen LogP) is -0.247. The summed E-state index contributed by atoms with van der Waals surface area (Å²) in [4.78, 5) is 32.8. The summed E-state index contributed by atoms with van der Waals surface area (Å²) in [5, 5.41) is 22.3. The molecule has 0 fully saturated rings. The molecular formula is C20H35NO9. The molecule has 0 aromatic carbocycles. The summed E-state index contributed by atoms with van der Waals surface area (Å²) in [5.74, 6) is -2.15. The molecule has 0 aromatic heterocycles. The number of hydrogen-bond acceptors (Lipinski definition) is 10. The minimum Gasteiger partial charge on any atom is -0.460 e. The molecule has 0 radical (unpaired) electrons. The molecule has 174 valence electrons. The molecule has 2 atom stereocenters. The zero-order valence-corrected chi connectivity index (χ0v) is 17.9. The van der Waals surface area contributed by atoms with Gasteiger partial charge >= 0.3 is 11.9 Å². The van der Waals surface area contributed by atoms with E-state index in [4.69, 9.17) is 14.2 Å². The van der Waals surface area contributed by atoms with Crippen molar-refractivity contribution in [3.63, 3.8) is 0 Å². The summed E-state index contributed by atoms with van der Waals surface area (Å²) in [6.07, 6.45) is 0.312. The molecule has 0 saturated heterocycles.